The van der Waals surface area contributed by atoms with Crippen molar-refractivity contribution in [3.63, 3.8) is 0 Å². The van der Waals surface area contributed by atoms with Crippen LogP contribution in [0.4, 0.5) is 0 Å². The number of hydrogen-bond donors (Lipinski definition) is 1. The molecular weight excluding hydrogens is 284 g/mol. The van der Waals surface area contributed by atoms with Gasteiger partial charge in [0.1, 0.15) is 0 Å². The van der Waals surface area contributed by atoms with Crippen molar-refractivity contribution in [3.8, 4) is 11.5 Å². The SMILES string of the molecule is CNC(C)c1ccc(OCCc2scnc2C)c(OC)c1. The Labute approximate surface area is 130 Å². The van der Waals surface area contributed by atoms with E-state index in [4.69, 9.17) is 9.47 Å². The van der Waals surface area contributed by atoms with Crippen LogP contribution in [0.2, 0.25) is 0 Å². The first-order chi connectivity index (χ1) is 10.2. The minimum Gasteiger partial charge on any atom is -0.493 e. The summed E-state index contributed by atoms with van der Waals surface area (Å²) < 4.78 is 11.3. The van der Waals surface area contributed by atoms with Crippen molar-refractivity contribution >= 4 is 11.3 Å². The number of rotatable bonds is 7. The van der Waals surface area contributed by atoms with Gasteiger partial charge in [-0.3, -0.25) is 0 Å². The Bertz CT molecular complexity index is 583. The number of nitrogens with zero attached hydrogens (tertiary/aromatic N) is 1. The number of aryl methyl sites for hydroxylation is 1. The van der Waals surface area contributed by atoms with E-state index in [1.165, 1.54) is 10.4 Å². The summed E-state index contributed by atoms with van der Waals surface area (Å²) in [5.41, 5.74) is 4.15. The molecule has 0 aliphatic carbocycles. The number of thiazole rings is 1. The Morgan fingerprint density at radius 2 is 2.14 bits per heavy atom. The molecule has 0 fully saturated rings. The van der Waals surface area contributed by atoms with E-state index < -0.39 is 0 Å². The number of nitrogens with one attached hydrogen (secondary N) is 1. The van der Waals surface area contributed by atoms with Crippen molar-refractivity contribution in [1.29, 1.82) is 0 Å². The molecule has 1 heterocycles. The molecule has 114 valence electrons. The molecule has 4 nitrogen and oxygen atoms in total. The molecule has 1 aromatic carbocycles. The van der Waals surface area contributed by atoms with Crippen LogP contribution in [-0.2, 0) is 6.42 Å². The smallest absolute Gasteiger partial charge is 0.161 e. The fourth-order valence-electron chi connectivity index (χ4n) is 2.06. The molecule has 0 saturated carbocycles. The predicted octanol–water partition coefficient (Wildman–Crippen LogP) is 3.36. The number of aromatic nitrogens is 1. The van der Waals surface area contributed by atoms with Gasteiger partial charge in [-0.1, -0.05) is 6.07 Å². The maximum Gasteiger partial charge on any atom is 0.161 e. The summed E-state index contributed by atoms with van der Waals surface area (Å²) in [5.74, 6) is 1.56. The van der Waals surface area contributed by atoms with Crippen molar-refractivity contribution in [2.24, 2.45) is 0 Å². The lowest BCUT2D eigenvalue weighted by Gasteiger charge is -2.15. The Morgan fingerprint density at radius 1 is 1.33 bits per heavy atom. The summed E-state index contributed by atoms with van der Waals surface area (Å²) in [7, 11) is 3.61. The maximum absolute atomic E-state index is 5.86. The van der Waals surface area contributed by atoms with Crippen molar-refractivity contribution in [2.45, 2.75) is 26.3 Å². The molecule has 1 aromatic heterocycles. The second-order valence-corrected chi connectivity index (χ2v) is 5.82. The molecule has 1 atom stereocenters. The molecule has 5 heteroatoms. The zero-order chi connectivity index (χ0) is 15.2. The van der Waals surface area contributed by atoms with E-state index in [1.807, 2.05) is 31.6 Å². The molecule has 0 amide bonds. The van der Waals surface area contributed by atoms with Gasteiger partial charge >= 0.3 is 0 Å². The summed E-state index contributed by atoms with van der Waals surface area (Å²) in [4.78, 5) is 5.52. The fourth-order valence-corrected chi connectivity index (χ4v) is 2.82. The molecule has 0 saturated heterocycles. The summed E-state index contributed by atoms with van der Waals surface area (Å²) in [6.45, 7) is 4.77. The Morgan fingerprint density at radius 3 is 2.76 bits per heavy atom. The first-order valence-corrected chi connectivity index (χ1v) is 7.90. The fraction of sp³-hybridized carbons (Fsp3) is 0.438. The Kier molecular flexibility index (Phi) is 5.59. The van der Waals surface area contributed by atoms with Gasteiger partial charge in [-0.05, 0) is 38.6 Å². The number of ether oxygens (including phenoxy) is 2. The summed E-state index contributed by atoms with van der Waals surface area (Å²) in [6.07, 6.45) is 0.869. The molecular formula is C16H22N2O2S. The van der Waals surface area contributed by atoms with E-state index >= 15 is 0 Å². The Balaban J connectivity index is 2.01. The topological polar surface area (TPSA) is 43.4 Å². The largest absolute Gasteiger partial charge is 0.493 e. The average Bonchev–Trinajstić information content (AvgIpc) is 2.92. The summed E-state index contributed by atoms with van der Waals surface area (Å²) in [6, 6.07) is 6.35. The molecule has 0 radical (unpaired) electrons. The standard InChI is InChI=1S/C16H22N2O2S/c1-11(17-3)13-5-6-14(15(9-13)19-4)20-8-7-16-12(2)18-10-21-16/h5-6,9-11,17H,7-8H2,1-4H3. The second kappa shape index (κ2) is 7.43. The highest BCUT2D eigenvalue weighted by molar-refractivity contribution is 7.09. The molecule has 2 rings (SSSR count). The van der Waals surface area contributed by atoms with Crippen LogP contribution in [-0.4, -0.2) is 25.7 Å². The molecule has 21 heavy (non-hydrogen) atoms. The maximum atomic E-state index is 5.86. The number of benzene rings is 1. The third-order valence-electron chi connectivity index (χ3n) is 3.55. The lowest BCUT2D eigenvalue weighted by atomic mass is 10.1. The van der Waals surface area contributed by atoms with E-state index in [0.29, 0.717) is 6.61 Å². The summed E-state index contributed by atoms with van der Waals surface area (Å²) in [5, 5.41) is 3.22. The molecule has 0 aliphatic heterocycles. The van der Waals surface area contributed by atoms with Gasteiger partial charge in [0.15, 0.2) is 11.5 Å². The highest BCUT2D eigenvalue weighted by Crippen LogP contribution is 2.30. The lowest BCUT2D eigenvalue weighted by molar-refractivity contribution is 0.298. The van der Waals surface area contributed by atoms with Gasteiger partial charge in [0.05, 0.1) is 24.9 Å². The summed E-state index contributed by atoms with van der Waals surface area (Å²) >= 11 is 1.67. The molecule has 0 bridgehead atoms. The van der Waals surface area contributed by atoms with Gasteiger partial charge in [0.25, 0.3) is 0 Å². The van der Waals surface area contributed by atoms with Crippen LogP contribution in [0, 0.1) is 6.92 Å². The van der Waals surface area contributed by atoms with Crippen LogP contribution in [0.3, 0.4) is 0 Å². The predicted molar refractivity (Wildman–Crippen MR) is 86.5 cm³/mol. The van der Waals surface area contributed by atoms with Crippen LogP contribution in [0.1, 0.15) is 29.1 Å². The van der Waals surface area contributed by atoms with Crippen LogP contribution >= 0.6 is 11.3 Å². The first kappa shape index (κ1) is 15.8. The van der Waals surface area contributed by atoms with E-state index in [-0.39, 0.29) is 6.04 Å². The van der Waals surface area contributed by atoms with Crippen LogP contribution < -0.4 is 14.8 Å². The van der Waals surface area contributed by atoms with Gasteiger partial charge in [-0.25, -0.2) is 4.98 Å². The first-order valence-electron chi connectivity index (χ1n) is 7.02. The van der Waals surface area contributed by atoms with Gasteiger partial charge < -0.3 is 14.8 Å². The van der Waals surface area contributed by atoms with Gasteiger partial charge in [-0.15, -0.1) is 11.3 Å². The zero-order valence-electron chi connectivity index (χ0n) is 13.0. The van der Waals surface area contributed by atoms with Crippen molar-refractivity contribution < 1.29 is 9.47 Å². The van der Waals surface area contributed by atoms with Crippen LogP contribution in [0.5, 0.6) is 11.5 Å². The molecule has 1 unspecified atom stereocenters. The van der Waals surface area contributed by atoms with E-state index in [9.17, 15) is 0 Å². The second-order valence-electron chi connectivity index (χ2n) is 4.88. The zero-order valence-corrected chi connectivity index (χ0v) is 13.8. The monoisotopic (exact) mass is 306 g/mol. The molecule has 1 N–H and O–H groups in total. The van der Waals surface area contributed by atoms with E-state index in [1.54, 1.807) is 18.4 Å². The number of methoxy groups -OCH3 is 1. The normalized spacial score (nSPS) is 12.2. The van der Waals surface area contributed by atoms with E-state index in [2.05, 4.69) is 23.3 Å². The Hall–Kier alpha value is -1.59. The molecule has 2 aromatic rings. The highest BCUT2D eigenvalue weighted by Gasteiger charge is 2.10. The molecule has 0 spiro atoms. The highest BCUT2D eigenvalue weighted by atomic mass is 32.1. The van der Waals surface area contributed by atoms with Crippen molar-refractivity contribution in [2.75, 3.05) is 20.8 Å². The third kappa shape index (κ3) is 3.95. The average molecular weight is 306 g/mol. The van der Waals surface area contributed by atoms with Crippen molar-refractivity contribution in [1.82, 2.24) is 10.3 Å². The van der Waals surface area contributed by atoms with Crippen LogP contribution in [0.25, 0.3) is 0 Å². The van der Waals surface area contributed by atoms with Gasteiger partial charge in [-0.2, -0.15) is 0 Å². The van der Waals surface area contributed by atoms with E-state index in [0.717, 1.165) is 23.6 Å². The lowest BCUT2D eigenvalue weighted by Crippen LogP contribution is -2.12. The van der Waals surface area contributed by atoms with Gasteiger partial charge in [0, 0.05) is 17.3 Å². The minimum absolute atomic E-state index is 0.285. The van der Waals surface area contributed by atoms with Crippen molar-refractivity contribution in [3.05, 3.63) is 39.8 Å². The minimum atomic E-state index is 0.285. The quantitative estimate of drug-likeness (QED) is 0.852. The third-order valence-corrected chi connectivity index (χ3v) is 4.55. The molecule has 0 aliphatic rings. The number of hydrogen-bond acceptors (Lipinski definition) is 5. The van der Waals surface area contributed by atoms with Gasteiger partial charge in [0.2, 0.25) is 0 Å². The van der Waals surface area contributed by atoms with Crippen LogP contribution in [0.15, 0.2) is 23.7 Å².